The first-order valence-corrected chi connectivity index (χ1v) is 8.45. The van der Waals surface area contributed by atoms with Gasteiger partial charge in [-0.3, -0.25) is 4.99 Å². The maximum atomic E-state index is 14.2. The van der Waals surface area contributed by atoms with Crippen molar-refractivity contribution in [2.24, 2.45) is 4.99 Å². The van der Waals surface area contributed by atoms with Crippen molar-refractivity contribution < 1.29 is 13.9 Å². The third-order valence-electron chi connectivity index (χ3n) is 3.62. The van der Waals surface area contributed by atoms with Crippen molar-refractivity contribution in [2.75, 3.05) is 6.61 Å². The minimum absolute atomic E-state index is 0.0327. The summed E-state index contributed by atoms with van der Waals surface area (Å²) in [5, 5.41) is 0. The topological polar surface area (TPSA) is 38.7 Å². The van der Waals surface area contributed by atoms with Crippen molar-refractivity contribution in [3.8, 4) is 0 Å². The number of aliphatic imine (C=N–C) groups is 1. The van der Waals surface area contributed by atoms with Gasteiger partial charge in [0.2, 0.25) is 0 Å². The first-order valence-electron chi connectivity index (χ1n) is 8.45. The molecule has 0 spiro atoms. The number of halogens is 1. The number of carbonyl (C=O) groups is 1. The number of rotatable bonds is 7. The van der Waals surface area contributed by atoms with Crippen LogP contribution in [0.5, 0.6) is 0 Å². The Balaban J connectivity index is 2.50. The second-order valence-electron chi connectivity index (χ2n) is 6.40. The van der Waals surface area contributed by atoms with E-state index in [2.05, 4.69) is 4.99 Å². The van der Waals surface area contributed by atoms with Crippen molar-refractivity contribution in [1.82, 2.24) is 0 Å². The maximum Gasteiger partial charge on any atom is 0.330 e. The van der Waals surface area contributed by atoms with Crippen LogP contribution in [0, 0.1) is 0 Å². The molecule has 1 unspecified atom stereocenters. The quantitative estimate of drug-likeness (QED) is 0.545. The van der Waals surface area contributed by atoms with Gasteiger partial charge in [-0.1, -0.05) is 60.7 Å². The summed E-state index contributed by atoms with van der Waals surface area (Å²) in [6, 6.07) is 18.3. The fraction of sp³-hybridized carbons (Fsp3) is 0.333. The molecule has 25 heavy (non-hydrogen) atoms. The van der Waals surface area contributed by atoms with Crippen LogP contribution in [0.15, 0.2) is 65.7 Å². The van der Waals surface area contributed by atoms with Crippen LogP contribution in [-0.2, 0) is 9.53 Å². The number of benzene rings is 2. The number of nitrogens with zero attached hydrogens (tertiary/aromatic N) is 1. The maximum absolute atomic E-state index is 14.2. The van der Waals surface area contributed by atoms with E-state index in [1.54, 1.807) is 6.92 Å². The van der Waals surface area contributed by atoms with Gasteiger partial charge in [0.1, 0.15) is 5.67 Å². The first kappa shape index (κ1) is 18.8. The average molecular weight is 341 g/mol. The Morgan fingerprint density at radius 2 is 1.52 bits per heavy atom. The van der Waals surface area contributed by atoms with Crippen LogP contribution >= 0.6 is 0 Å². The van der Waals surface area contributed by atoms with Gasteiger partial charge >= 0.3 is 5.97 Å². The van der Waals surface area contributed by atoms with Gasteiger partial charge in [-0.05, 0) is 20.8 Å². The molecule has 4 heteroatoms. The Hall–Kier alpha value is -2.49. The second-order valence-corrected chi connectivity index (χ2v) is 6.40. The molecule has 2 rings (SSSR count). The zero-order chi connectivity index (χ0) is 18.3. The Bertz CT molecular complexity index is 664. The Labute approximate surface area is 148 Å². The van der Waals surface area contributed by atoms with Gasteiger partial charge in [0, 0.05) is 17.5 Å². The number of ether oxygens (including phenoxy) is 1. The van der Waals surface area contributed by atoms with Crippen molar-refractivity contribution in [3.05, 3.63) is 71.8 Å². The van der Waals surface area contributed by atoms with Crippen molar-refractivity contribution in [3.63, 3.8) is 0 Å². The molecule has 1 atom stereocenters. The summed E-state index contributed by atoms with van der Waals surface area (Å²) in [4.78, 5) is 16.9. The largest absolute Gasteiger partial charge is 0.464 e. The third-order valence-corrected chi connectivity index (χ3v) is 3.62. The average Bonchev–Trinajstić information content (AvgIpc) is 2.59. The highest BCUT2D eigenvalue weighted by Crippen LogP contribution is 2.21. The highest BCUT2D eigenvalue weighted by molar-refractivity contribution is 6.13. The number of alkyl halides is 1. The lowest BCUT2D eigenvalue weighted by Crippen LogP contribution is -2.30. The van der Waals surface area contributed by atoms with E-state index in [0.717, 1.165) is 11.1 Å². The molecule has 0 aliphatic rings. The molecule has 0 N–H and O–H groups in total. The summed E-state index contributed by atoms with van der Waals surface area (Å²) < 4.78 is 19.3. The first-order chi connectivity index (χ1) is 11.9. The Kier molecular flexibility index (Phi) is 6.45. The molecule has 2 aromatic carbocycles. The standard InChI is InChI=1S/C21H24FNO2/c1-4-25-20(24)18(15-21(2,3)22)23-19(16-11-7-5-8-12-16)17-13-9-6-10-14-17/h5-14,18H,4,15H2,1-3H3. The van der Waals surface area contributed by atoms with Gasteiger partial charge < -0.3 is 4.74 Å². The van der Waals surface area contributed by atoms with E-state index < -0.39 is 17.7 Å². The van der Waals surface area contributed by atoms with E-state index >= 15 is 0 Å². The van der Waals surface area contributed by atoms with Crippen LogP contribution in [0.4, 0.5) is 4.39 Å². The molecular formula is C21H24FNO2. The van der Waals surface area contributed by atoms with Gasteiger partial charge in [-0.25, -0.2) is 9.18 Å². The monoisotopic (exact) mass is 341 g/mol. The van der Waals surface area contributed by atoms with Crippen LogP contribution in [0.1, 0.15) is 38.3 Å². The molecule has 0 aromatic heterocycles. The lowest BCUT2D eigenvalue weighted by molar-refractivity contribution is -0.145. The molecule has 2 aromatic rings. The number of esters is 1. The van der Waals surface area contributed by atoms with Gasteiger partial charge in [-0.15, -0.1) is 0 Å². The van der Waals surface area contributed by atoms with Crippen LogP contribution < -0.4 is 0 Å². The van der Waals surface area contributed by atoms with Gasteiger partial charge in [0.05, 0.1) is 12.3 Å². The summed E-state index contributed by atoms with van der Waals surface area (Å²) in [6.07, 6.45) is -0.0327. The van der Waals surface area contributed by atoms with Crippen molar-refractivity contribution >= 4 is 11.7 Å². The smallest absolute Gasteiger partial charge is 0.330 e. The molecule has 0 fully saturated rings. The third kappa shape index (κ3) is 5.82. The van der Waals surface area contributed by atoms with Crippen molar-refractivity contribution in [2.45, 2.75) is 38.9 Å². The molecule has 0 amide bonds. The van der Waals surface area contributed by atoms with E-state index in [9.17, 15) is 9.18 Å². The molecule has 0 heterocycles. The minimum Gasteiger partial charge on any atom is -0.464 e. The SMILES string of the molecule is CCOC(=O)C(CC(C)(C)F)N=C(c1ccccc1)c1ccccc1. The minimum atomic E-state index is -1.53. The summed E-state index contributed by atoms with van der Waals surface area (Å²) in [6.45, 7) is 4.86. The predicted octanol–water partition coefficient (Wildman–Crippen LogP) is 4.59. The summed E-state index contributed by atoms with van der Waals surface area (Å²) in [7, 11) is 0. The molecule has 0 radical (unpaired) electrons. The highest BCUT2D eigenvalue weighted by Gasteiger charge is 2.29. The number of carbonyl (C=O) groups excluding carboxylic acids is 1. The zero-order valence-electron chi connectivity index (χ0n) is 14.9. The fourth-order valence-corrected chi connectivity index (χ4v) is 2.54. The summed E-state index contributed by atoms with van der Waals surface area (Å²) in [5.41, 5.74) is 0.877. The number of hydrogen-bond donors (Lipinski definition) is 0. The van der Waals surface area contributed by atoms with Crippen LogP contribution in [0.25, 0.3) is 0 Å². The summed E-state index contributed by atoms with van der Waals surface area (Å²) >= 11 is 0. The number of hydrogen-bond acceptors (Lipinski definition) is 3. The van der Waals surface area contributed by atoms with Crippen LogP contribution in [0.2, 0.25) is 0 Å². The van der Waals surface area contributed by atoms with Crippen LogP contribution in [0.3, 0.4) is 0 Å². The molecular weight excluding hydrogens is 317 g/mol. The lowest BCUT2D eigenvalue weighted by atomic mass is 9.98. The Morgan fingerprint density at radius 3 is 1.92 bits per heavy atom. The predicted molar refractivity (Wildman–Crippen MR) is 98.7 cm³/mol. The van der Waals surface area contributed by atoms with Crippen molar-refractivity contribution in [1.29, 1.82) is 0 Å². The molecule has 0 saturated carbocycles. The van der Waals surface area contributed by atoms with Crippen LogP contribution in [-0.4, -0.2) is 30.0 Å². The fourth-order valence-electron chi connectivity index (χ4n) is 2.54. The molecule has 132 valence electrons. The van der Waals surface area contributed by atoms with Gasteiger partial charge in [-0.2, -0.15) is 0 Å². The van der Waals surface area contributed by atoms with E-state index in [1.165, 1.54) is 13.8 Å². The van der Waals surface area contributed by atoms with Gasteiger partial charge in [0.25, 0.3) is 0 Å². The normalized spacial score (nSPS) is 12.3. The molecule has 0 saturated heterocycles. The Morgan fingerprint density at radius 1 is 1.04 bits per heavy atom. The highest BCUT2D eigenvalue weighted by atomic mass is 19.1. The van der Waals surface area contributed by atoms with E-state index in [0.29, 0.717) is 5.71 Å². The van der Waals surface area contributed by atoms with E-state index in [-0.39, 0.29) is 13.0 Å². The lowest BCUT2D eigenvalue weighted by Gasteiger charge is -2.20. The molecule has 3 nitrogen and oxygen atoms in total. The zero-order valence-corrected chi connectivity index (χ0v) is 14.9. The van der Waals surface area contributed by atoms with Gasteiger partial charge in [0.15, 0.2) is 6.04 Å². The molecule has 0 bridgehead atoms. The summed E-state index contributed by atoms with van der Waals surface area (Å²) in [5.74, 6) is -0.502. The molecule has 0 aliphatic heterocycles. The van der Waals surface area contributed by atoms with E-state index in [4.69, 9.17) is 4.74 Å². The second kappa shape index (κ2) is 8.56. The van der Waals surface area contributed by atoms with E-state index in [1.807, 2.05) is 60.7 Å². The molecule has 0 aliphatic carbocycles.